The first-order valence-electron chi connectivity index (χ1n) is 5.44. The molecular weight excluding hydrogens is 236 g/mol. The lowest BCUT2D eigenvalue weighted by molar-refractivity contribution is -0.142. The zero-order valence-corrected chi connectivity index (χ0v) is 10.5. The van der Waals surface area contributed by atoms with Crippen LogP contribution in [-0.4, -0.2) is 28.0 Å². The quantitative estimate of drug-likeness (QED) is 0.733. The number of carbonyl (C=O) groups is 2. The number of hydrogen-bond donors (Lipinski definition) is 3. The number of pyridine rings is 1. The fourth-order valence-corrected chi connectivity index (χ4v) is 1.45. The third-order valence-corrected chi connectivity index (χ3v) is 2.46. The fourth-order valence-electron chi connectivity index (χ4n) is 1.45. The summed E-state index contributed by atoms with van der Waals surface area (Å²) in [6.45, 7) is 5.09. The van der Waals surface area contributed by atoms with Gasteiger partial charge in [-0.05, 0) is 5.41 Å². The zero-order valence-electron chi connectivity index (χ0n) is 10.5. The molecule has 6 heteroatoms. The minimum atomic E-state index is -1.14. The van der Waals surface area contributed by atoms with E-state index in [1.54, 1.807) is 20.8 Å². The highest BCUT2D eigenvalue weighted by molar-refractivity contribution is 5.96. The normalized spacial score (nSPS) is 12.8. The van der Waals surface area contributed by atoms with Gasteiger partial charge in [0.05, 0.1) is 0 Å². The number of carboxylic acids is 1. The van der Waals surface area contributed by atoms with E-state index in [1.165, 1.54) is 18.5 Å². The highest BCUT2D eigenvalue weighted by Gasteiger charge is 2.33. The Labute approximate surface area is 104 Å². The van der Waals surface area contributed by atoms with Crippen molar-refractivity contribution >= 4 is 11.9 Å². The van der Waals surface area contributed by atoms with Crippen LogP contribution in [0.5, 0.6) is 0 Å². The van der Waals surface area contributed by atoms with Gasteiger partial charge in [0.15, 0.2) is 5.43 Å². The molecule has 0 spiro atoms. The Kier molecular flexibility index (Phi) is 3.90. The van der Waals surface area contributed by atoms with Gasteiger partial charge in [0.25, 0.3) is 5.91 Å². The Morgan fingerprint density at radius 3 is 2.44 bits per heavy atom. The molecule has 98 valence electrons. The lowest BCUT2D eigenvalue weighted by Gasteiger charge is -2.27. The Morgan fingerprint density at radius 2 is 2.00 bits per heavy atom. The predicted octanol–water partition coefficient (Wildman–Crippen LogP) is 0.604. The Bertz CT molecular complexity index is 513. The summed E-state index contributed by atoms with van der Waals surface area (Å²) in [6.07, 6.45) is 2.65. The van der Waals surface area contributed by atoms with Crippen LogP contribution in [0.2, 0.25) is 0 Å². The van der Waals surface area contributed by atoms with Crippen LogP contribution in [-0.2, 0) is 4.79 Å². The van der Waals surface area contributed by atoms with Crippen LogP contribution in [0, 0.1) is 5.41 Å². The Morgan fingerprint density at radius 1 is 1.39 bits per heavy atom. The molecule has 1 rings (SSSR count). The summed E-state index contributed by atoms with van der Waals surface area (Å²) in [7, 11) is 0. The topological polar surface area (TPSA) is 99.3 Å². The molecule has 0 aliphatic heterocycles. The molecule has 0 aliphatic rings. The summed E-state index contributed by atoms with van der Waals surface area (Å²) >= 11 is 0. The second-order valence-corrected chi connectivity index (χ2v) is 5.03. The molecule has 0 aliphatic carbocycles. The molecule has 1 amide bonds. The van der Waals surface area contributed by atoms with Gasteiger partial charge >= 0.3 is 5.97 Å². The number of hydrogen-bond acceptors (Lipinski definition) is 3. The number of aliphatic carboxylic acids is 1. The smallest absolute Gasteiger partial charge is 0.326 e. The van der Waals surface area contributed by atoms with Crippen molar-refractivity contribution in [3.63, 3.8) is 0 Å². The van der Waals surface area contributed by atoms with E-state index in [2.05, 4.69) is 10.3 Å². The molecule has 1 aromatic rings. The molecule has 1 heterocycles. The van der Waals surface area contributed by atoms with E-state index in [0.717, 1.165) is 0 Å². The van der Waals surface area contributed by atoms with Crippen molar-refractivity contribution < 1.29 is 14.7 Å². The lowest BCUT2D eigenvalue weighted by atomic mass is 9.86. The van der Waals surface area contributed by atoms with Crippen LogP contribution in [0.1, 0.15) is 31.1 Å². The molecule has 3 N–H and O–H groups in total. The lowest BCUT2D eigenvalue weighted by Crippen LogP contribution is -2.49. The van der Waals surface area contributed by atoms with Crippen molar-refractivity contribution in [2.45, 2.75) is 26.8 Å². The summed E-state index contributed by atoms with van der Waals surface area (Å²) in [5, 5.41) is 11.4. The minimum Gasteiger partial charge on any atom is -0.480 e. The maximum Gasteiger partial charge on any atom is 0.326 e. The van der Waals surface area contributed by atoms with Crippen LogP contribution < -0.4 is 10.7 Å². The van der Waals surface area contributed by atoms with Crippen molar-refractivity contribution in [3.05, 3.63) is 34.2 Å². The third-order valence-electron chi connectivity index (χ3n) is 2.46. The third kappa shape index (κ3) is 3.19. The van der Waals surface area contributed by atoms with Gasteiger partial charge in [0.1, 0.15) is 11.6 Å². The van der Waals surface area contributed by atoms with Crippen LogP contribution in [0.15, 0.2) is 23.3 Å². The number of carbonyl (C=O) groups excluding carboxylic acids is 1. The van der Waals surface area contributed by atoms with E-state index >= 15 is 0 Å². The molecule has 0 fully saturated rings. The molecule has 0 radical (unpaired) electrons. The van der Waals surface area contributed by atoms with Gasteiger partial charge in [0, 0.05) is 18.5 Å². The van der Waals surface area contributed by atoms with Crippen LogP contribution in [0.4, 0.5) is 0 Å². The van der Waals surface area contributed by atoms with E-state index in [4.69, 9.17) is 5.11 Å². The van der Waals surface area contributed by atoms with Crippen molar-refractivity contribution in [1.29, 1.82) is 0 Å². The maximum atomic E-state index is 11.8. The number of carboxylic acid groups (broad SMARTS) is 1. The number of aromatic nitrogens is 1. The van der Waals surface area contributed by atoms with Gasteiger partial charge in [-0.1, -0.05) is 20.8 Å². The maximum absolute atomic E-state index is 11.8. The van der Waals surface area contributed by atoms with Gasteiger partial charge in [-0.15, -0.1) is 0 Å². The molecular formula is C12H16N2O4. The van der Waals surface area contributed by atoms with Crippen LogP contribution >= 0.6 is 0 Å². The Balaban J connectivity index is 2.97. The number of aromatic amines is 1. The van der Waals surface area contributed by atoms with E-state index in [1.807, 2.05) is 0 Å². The van der Waals surface area contributed by atoms with E-state index in [-0.39, 0.29) is 5.56 Å². The molecule has 1 atom stereocenters. The first-order chi connectivity index (χ1) is 8.23. The number of rotatable bonds is 3. The molecule has 0 bridgehead atoms. The largest absolute Gasteiger partial charge is 0.480 e. The zero-order chi connectivity index (χ0) is 13.9. The standard InChI is InChI=1S/C12H16N2O4/c1-12(2,3)9(11(17)18)14-10(16)7-6-13-5-4-8(7)15/h4-6,9H,1-3H3,(H,13,15)(H,14,16)(H,17,18)/t9-/m0/s1. The predicted molar refractivity (Wildman–Crippen MR) is 65.4 cm³/mol. The van der Waals surface area contributed by atoms with E-state index < -0.39 is 28.8 Å². The summed E-state index contributed by atoms with van der Waals surface area (Å²) < 4.78 is 0. The second kappa shape index (κ2) is 5.03. The van der Waals surface area contributed by atoms with Gasteiger partial charge in [-0.3, -0.25) is 9.59 Å². The van der Waals surface area contributed by atoms with Crippen LogP contribution in [0.3, 0.4) is 0 Å². The molecule has 0 aromatic carbocycles. The average molecular weight is 252 g/mol. The first kappa shape index (κ1) is 14.0. The SMILES string of the molecule is CC(C)(C)[C@@H](NC(=O)c1c[nH]ccc1=O)C(=O)O. The van der Waals surface area contributed by atoms with Crippen molar-refractivity contribution in [2.75, 3.05) is 0 Å². The van der Waals surface area contributed by atoms with Gasteiger partial charge in [-0.25, -0.2) is 4.79 Å². The van der Waals surface area contributed by atoms with Crippen molar-refractivity contribution in [2.24, 2.45) is 5.41 Å². The number of H-pyrrole nitrogens is 1. The first-order valence-corrected chi connectivity index (χ1v) is 5.44. The Hall–Kier alpha value is -2.11. The highest BCUT2D eigenvalue weighted by atomic mass is 16.4. The average Bonchev–Trinajstić information content (AvgIpc) is 2.24. The summed E-state index contributed by atoms with van der Waals surface area (Å²) in [5.41, 5.74) is -1.21. The summed E-state index contributed by atoms with van der Waals surface area (Å²) in [6, 6.07) is 0.145. The monoisotopic (exact) mass is 252 g/mol. The molecule has 0 saturated carbocycles. The molecule has 18 heavy (non-hydrogen) atoms. The highest BCUT2D eigenvalue weighted by Crippen LogP contribution is 2.19. The van der Waals surface area contributed by atoms with Gasteiger partial charge in [0.2, 0.25) is 0 Å². The van der Waals surface area contributed by atoms with E-state index in [0.29, 0.717) is 0 Å². The second-order valence-electron chi connectivity index (χ2n) is 5.03. The fraction of sp³-hybridized carbons (Fsp3) is 0.417. The van der Waals surface area contributed by atoms with E-state index in [9.17, 15) is 14.4 Å². The number of nitrogens with one attached hydrogen (secondary N) is 2. The molecule has 6 nitrogen and oxygen atoms in total. The number of amides is 1. The molecule has 0 unspecified atom stereocenters. The molecule has 0 saturated heterocycles. The van der Waals surface area contributed by atoms with Crippen molar-refractivity contribution in [3.8, 4) is 0 Å². The summed E-state index contributed by atoms with van der Waals surface area (Å²) in [5.74, 6) is -1.83. The van der Waals surface area contributed by atoms with Crippen molar-refractivity contribution in [1.82, 2.24) is 10.3 Å². The van der Waals surface area contributed by atoms with Crippen LogP contribution in [0.25, 0.3) is 0 Å². The van der Waals surface area contributed by atoms with Gasteiger partial charge in [-0.2, -0.15) is 0 Å². The summed E-state index contributed by atoms with van der Waals surface area (Å²) in [4.78, 5) is 37.0. The minimum absolute atomic E-state index is 0.104. The van der Waals surface area contributed by atoms with Gasteiger partial charge < -0.3 is 15.4 Å². The molecule has 1 aromatic heterocycles.